The molecule has 1 N–H and O–H groups in total. The highest BCUT2D eigenvalue weighted by molar-refractivity contribution is 7.18. The van der Waals surface area contributed by atoms with E-state index in [0.717, 1.165) is 36.1 Å². The fourth-order valence-electron chi connectivity index (χ4n) is 3.06. The zero-order valence-electron chi connectivity index (χ0n) is 13.2. The molecule has 8 heteroatoms. The number of aromatic nitrogens is 3. The molecule has 7 nitrogen and oxygen atoms in total. The van der Waals surface area contributed by atoms with Gasteiger partial charge in [0.15, 0.2) is 5.82 Å². The molecule has 0 bridgehead atoms. The van der Waals surface area contributed by atoms with Crippen LogP contribution in [0.2, 0.25) is 0 Å². The number of nitrogens with zero attached hydrogens (tertiary/aromatic N) is 3. The zero-order chi connectivity index (χ0) is 16.7. The molecule has 1 aliphatic rings. The third kappa shape index (κ3) is 2.62. The van der Waals surface area contributed by atoms with Crippen LogP contribution in [0, 0.1) is 6.92 Å². The van der Waals surface area contributed by atoms with E-state index in [9.17, 15) is 9.59 Å². The Balaban J connectivity index is 1.63. The van der Waals surface area contributed by atoms with Gasteiger partial charge in [-0.2, -0.15) is 0 Å². The Kier molecular flexibility index (Phi) is 3.68. The highest BCUT2D eigenvalue weighted by Gasteiger charge is 2.20. The molecule has 3 aromatic heterocycles. The molecule has 0 saturated carbocycles. The summed E-state index contributed by atoms with van der Waals surface area (Å²) in [7, 11) is 0. The minimum atomic E-state index is -0.337. The highest BCUT2D eigenvalue weighted by atomic mass is 32.1. The van der Waals surface area contributed by atoms with Crippen LogP contribution < -0.4 is 10.9 Å². The molecule has 0 atom stereocenters. The van der Waals surface area contributed by atoms with Gasteiger partial charge in [0, 0.05) is 10.9 Å². The molecule has 4 rings (SSSR count). The topological polar surface area (TPSA) is 90.0 Å². The second-order valence-electron chi connectivity index (χ2n) is 5.94. The molecule has 0 radical (unpaired) electrons. The number of carbonyl (C=O) groups excluding carboxylic acids is 1. The standard InChI is InChI=1S/C16H16N4O3S/c1-9-6-12(19-23-9)18-13(21)7-20-8-17-15-14(16(20)22)10-4-2-3-5-11(10)24-15/h6,8H,2-5,7H2,1H3,(H,18,19,21). The molecule has 0 fully saturated rings. The fraction of sp³-hybridized carbons (Fsp3) is 0.375. The van der Waals surface area contributed by atoms with Crippen molar-refractivity contribution in [1.82, 2.24) is 14.7 Å². The van der Waals surface area contributed by atoms with Gasteiger partial charge in [-0.3, -0.25) is 14.2 Å². The minimum absolute atomic E-state index is 0.0989. The number of nitrogens with one attached hydrogen (secondary N) is 1. The van der Waals surface area contributed by atoms with E-state index in [1.807, 2.05) is 0 Å². The Morgan fingerprint density at radius 3 is 3.04 bits per heavy atom. The largest absolute Gasteiger partial charge is 0.360 e. The Morgan fingerprint density at radius 2 is 2.25 bits per heavy atom. The van der Waals surface area contributed by atoms with Gasteiger partial charge in [0.2, 0.25) is 5.91 Å². The molecular weight excluding hydrogens is 328 g/mol. The molecule has 124 valence electrons. The number of rotatable bonds is 3. The van der Waals surface area contributed by atoms with Crippen LogP contribution in [0.25, 0.3) is 10.2 Å². The third-order valence-electron chi connectivity index (χ3n) is 4.15. The zero-order valence-corrected chi connectivity index (χ0v) is 14.0. The van der Waals surface area contributed by atoms with Crippen LogP contribution >= 0.6 is 11.3 Å². The van der Waals surface area contributed by atoms with Crippen molar-refractivity contribution in [1.29, 1.82) is 0 Å². The van der Waals surface area contributed by atoms with Crippen LogP contribution in [0.3, 0.4) is 0 Å². The molecule has 0 spiro atoms. The highest BCUT2D eigenvalue weighted by Crippen LogP contribution is 2.33. The van der Waals surface area contributed by atoms with E-state index < -0.39 is 0 Å². The van der Waals surface area contributed by atoms with Gasteiger partial charge >= 0.3 is 0 Å². The monoisotopic (exact) mass is 344 g/mol. The predicted octanol–water partition coefficient (Wildman–Crippen LogP) is 2.27. The van der Waals surface area contributed by atoms with Crippen molar-refractivity contribution < 1.29 is 9.32 Å². The molecule has 1 amide bonds. The summed E-state index contributed by atoms with van der Waals surface area (Å²) in [5.41, 5.74) is 0.978. The van der Waals surface area contributed by atoms with Gasteiger partial charge in [-0.15, -0.1) is 11.3 Å². The number of fused-ring (bicyclic) bond motifs is 3. The summed E-state index contributed by atoms with van der Waals surface area (Å²) in [5.74, 6) is 0.610. The van der Waals surface area contributed by atoms with E-state index in [0.29, 0.717) is 17.0 Å². The summed E-state index contributed by atoms with van der Waals surface area (Å²) in [6, 6.07) is 1.62. The summed E-state index contributed by atoms with van der Waals surface area (Å²) in [6.45, 7) is 1.64. The van der Waals surface area contributed by atoms with Crippen LogP contribution in [0.1, 0.15) is 29.0 Å². The van der Waals surface area contributed by atoms with Crippen LogP contribution in [0.15, 0.2) is 21.7 Å². The van der Waals surface area contributed by atoms with E-state index in [1.165, 1.54) is 15.8 Å². The maximum atomic E-state index is 12.8. The molecule has 0 saturated heterocycles. The lowest BCUT2D eigenvalue weighted by Gasteiger charge is -2.10. The van der Waals surface area contributed by atoms with Crippen LogP contribution in [-0.2, 0) is 24.2 Å². The van der Waals surface area contributed by atoms with Gasteiger partial charge in [-0.05, 0) is 38.2 Å². The Bertz CT molecular complexity index is 985. The second kappa shape index (κ2) is 5.86. The molecule has 3 heterocycles. The van der Waals surface area contributed by atoms with E-state index in [1.54, 1.807) is 24.3 Å². The quantitative estimate of drug-likeness (QED) is 0.787. The number of amides is 1. The molecule has 0 aliphatic heterocycles. The average Bonchev–Trinajstić information content (AvgIpc) is 3.13. The van der Waals surface area contributed by atoms with Gasteiger partial charge in [-0.25, -0.2) is 4.98 Å². The molecule has 0 unspecified atom stereocenters. The number of carbonyl (C=O) groups is 1. The van der Waals surface area contributed by atoms with Gasteiger partial charge < -0.3 is 9.84 Å². The van der Waals surface area contributed by atoms with Crippen molar-refractivity contribution in [3.63, 3.8) is 0 Å². The molecule has 0 aromatic carbocycles. The number of hydrogen-bond acceptors (Lipinski definition) is 6. The van der Waals surface area contributed by atoms with Gasteiger partial charge in [0.1, 0.15) is 17.1 Å². The maximum absolute atomic E-state index is 12.8. The van der Waals surface area contributed by atoms with Crippen molar-refractivity contribution >= 4 is 33.3 Å². The minimum Gasteiger partial charge on any atom is -0.360 e. The summed E-state index contributed by atoms with van der Waals surface area (Å²) in [5, 5.41) is 7.01. The third-order valence-corrected chi connectivity index (χ3v) is 5.35. The van der Waals surface area contributed by atoms with Gasteiger partial charge in [0.05, 0.1) is 11.7 Å². The Labute approximate surface area is 141 Å². The Morgan fingerprint density at radius 1 is 1.42 bits per heavy atom. The lowest BCUT2D eigenvalue weighted by molar-refractivity contribution is -0.116. The summed E-state index contributed by atoms with van der Waals surface area (Å²) >= 11 is 1.60. The van der Waals surface area contributed by atoms with Crippen molar-refractivity contribution in [2.24, 2.45) is 0 Å². The lowest BCUT2D eigenvalue weighted by Crippen LogP contribution is -2.28. The summed E-state index contributed by atoms with van der Waals surface area (Å²) < 4.78 is 6.26. The van der Waals surface area contributed by atoms with E-state index >= 15 is 0 Å². The fourth-order valence-corrected chi connectivity index (χ4v) is 4.28. The predicted molar refractivity (Wildman–Crippen MR) is 90.4 cm³/mol. The summed E-state index contributed by atoms with van der Waals surface area (Å²) in [4.78, 5) is 31.3. The second-order valence-corrected chi connectivity index (χ2v) is 7.02. The number of thiophene rings is 1. The van der Waals surface area contributed by atoms with Crippen molar-refractivity contribution in [3.8, 4) is 0 Å². The molecule has 1 aliphatic carbocycles. The van der Waals surface area contributed by atoms with E-state index in [2.05, 4.69) is 15.5 Å². The smallest absolute Gasteiger partial charge is 0.262 e. The van der Waals surface area contributed by atoms with Gasteiger partial charge in [0.25, 0.3) is 5.56 Å². The molecule has 24 heavy (non-hydrogen) atoms. The van der Waals surface area contributed by atoms with E-state index in [-0.39, 0.29) is 18.0 Å². The van der Waals surface area contributed by atoms with E-state index in [4.69, 9.17) is 4.52 Å². The lowest BCUT2D eigenvalue weighted by atomic mass is 9.97. The SMILES string of the molecule is Cc1cc(NC(=O)Cn2cnc3sc4c(c3c2=O)CCCC4)no1. The normalized spacial score (nSPS) is 13.9. The first-order valence-corrected chi connectivity index (χ1v) is 8.66. The van der Waals surface area contributed by atoms with Crippen molar-refractivity contribution in [2.45, 2.75) is 39.2 Å². The maximum Gasteiger partial charge on any atom is 0.262 e. The number of aryl methyl sites for hydroxylation is 3. The summed E-state index contributed by atoms with van der Waals surface area (Å²) in [6.07, 6.45) is 5.63. The number of anilines is 1. The first kappa shape index (κ1) is 15.1. The van der Waals surface area contributed by atoms with Gasteiger partial charge in [-0.1, -0.05) is 5.16 Å². The average molecular weight is 344 g/mol. The first-order valence-electron chi connectivity index (χ1n) is 7.84. The molecular formula is C16H16N4O3S. The molecule has 3 aromatic rings. The van der Waals surface area contributed by atoms with Crippen molar-refractivity contribution in [3.05, 3.63) is 38.9 Å². The van der Waals surface area contributed by atoms with Crippen molar-refractivity contribution in [2.75, 3.05) is 5.32 Å². The van der Waals surface area contributed by atoms with Crippen LogP contribution in [0.4, 0.5) is 5.82 Å². The number of hydrogen-bond donors (Lipinski definition) is 1. The van der Waals surface area contributed by atoms with Crippen LogP contribution in [-0.4, -0.2) is 20.6 Å². The first-order chi connectivity index (χ1) is 11.6. The van der Waals surface area contributed by atoms with Crippen LogP contribution in [0.5, 0.6) is 0 Å². The Hall–Kier alpha value is -2.48.